The second-order valence-electron chi connectivity index (χ2n) is 6.24. The minimum atomic E-state index is -0.768. The summed E-state index contributed by atoms with van der Waals surface area (Å²) in [7, 11) is 0. The first kappa shape index (κ1) is 23.3. The molecule has 0 aromatic heterocycles. The Kier molecular flexibility index (Phi) is 8.06. The minimum Gasteiger partial charge on any atom is -0.461 e. The summed E-state index contributed by atoms with van der Waals surface area (Å²) >= 11 is 0. The summed E-state index contributed by atoms with van der Waals surface area (Å²) < 4.78 is 36.9. The molecule has 31 heavy (non-hydrogen) atoms. The van der Waals surface area contributed by atoms with Crippen LogP contribution in [0.2, 0.25) is 0 Å². The number of hydrogen-bond donors (Lipinski definition) is 0. The molecule has 10 nitrogen and oxygen atoms in total. The lowest BCUT2D eigenvalue weighted by Gasteiger charge is -2.07. The summed E-state index contributed by atoms with van der Waals surface area (Å²) in [4.78, 5) is 43.4. The number of carbonyl (C=O) groups excluding carboxylic acids is 2. The maximum atomic E-state index is 13.6. The average Bonchev–Trinajstić information content (AvgIpc) is 2.72. The van der Waals surface area contributed by atoms with Crippen molar-refractivity contribution in [3.8, 4) is 0 Å². The van der Waals surface area contributed by atoms with E-state index in [0.29, 0.717) is 0 Å². The van der Waals surface area contributed by atoms with Crippen LogP contribution in [0.5, 0.6) is 0 Å². The van der Waals surface area contributed by atoms with E-state index >= 15 is 0 Å². The Labute approximate surface area is 173 Å². The van der Waals surface area contributed by atoms with Gasteiger partial charge in [0.25, 0.3) is 11.4 Å². The summed E-state index contributed by atoms with van der Waals surface area (Å²) in [5.41, 5.74) is -1.03. The molecule has 0 radical (unpaired) electrons. The van der Waals surface area contributed by atoms with Crippen molar-refractivity contribution in [1.82, 2.24) is 0 Å². The molecule has 0 atom stereocenters. The van der Waals surface area contributed by atoms with Gasteiger partial charge in [-0.25, -0.2) is 8.78 Å². The number of ether oxygens (including phenoxy) is 2. The Hall–Kier alpha value is -3.96. The molecule has 12 heteroatoms. The average molecular weight is 438 g/mol. The Balaban J connectivity index is 1.74. The highest BCUT2D eigenvalue weighted by Crippen LogP contribution is 2.19. The van der Waals surface area contributed by atoms with Crippen LogP contribution in [0.3, 0.4) is 0 Å². The molecule has 0 heterocycles. The molecule has 0 amide bonds. The van der Waals surface area contributed by atoms with Crippen molar-refractivity contribution < 1.29 is 37.7 Å². The lowest BCUT2D eigenvalue weighted by atomic mass is 10.2. The zero-order valence-electron chi connectivity index (χ0n) is 15.9. The number of benzene rings is 2. The highest BCUT2D eigenvalue weighted by Gasteiger charge is 2.15. The highest BCUT2D eigenvalue weighted by atomic mass is 19.1. The molecular weight excluding hydrogens is 422 g/mol. The van der Waals surface area contributed by atoms with Crippen molar-refractivity contribution in [2.24, 2.45) is 0 Å². The standard InChI is InChI=1S/C19H16F2N2O8/c20-16-6-4-14(22(26)27)8-12(16)10-30-18(24)2-1-3-19(25)31-11-13-9-15(23(28)29)5-7-17(13)21/h4-9H,1-3,10-11H2. The van der Waals surface area contributed by atoms with E-state index in [2.05, 4.69) is 0 Å². The summed E-state index contributed by atoms with van der Waals surface area (Å²) in [6, 6.07) is 5.64. The van der Waals surface area contributed by atoms with E-state index < -0.39 is 46.6 Å². The second kappa shape index (κ2) is 10.7. The number of halogens is 2. The number of carbonyl (C=O) groups is 2. The van der Waals surface area contributed by atoms with Gasteiger partial charge in [0, 0.05) is 48.2 Å². The normalized spacial score (nSPS) is 10.4. The largest absolute Gasteiger partial charge is 0.461 e. The van der Waals surface area contributed by atoms with E-state index in [1.54, 1.807) is 0 Å². The van der Waals surface area contributed by atoms with Crippen LogP contribution in [0.15, 0.2) is 36.4 Å². The monoisotopic (exact) mass is 438 g/mol. The third-order valence-electron chi connectivity index (χ3n) is 4.02. The van der Waals surface area contributed by atoms with Crippen LogP contribution in [0, 0.1) is 31.9 Å². The molecule has 2 aromatic rings. The van der Waals surface area contributed by atoms with Gasteiger partial charge in [0.15, 0.2) is 0 Å². The number of non-ortho nitro benzene ring substituents is 2. The van der Waals surface area contributed by atoms with Crippen LogP contribution in [0.1, 0.15) is 30.4 Å². The molecule has 0 saturated heterocycles. The van der Waals surface area contributed by atoms with Gasteiger partial charge in [0.1, 0.15) is 24.8 Å². The first-order valence-corrected chi connectivity index (χ1v) is 8.84. The molecule has 0 N–H and O–H groups in total. The van der Waals surface area contributed by atoms with Crippen LogP contribution in [-0.2, 0) is 32.3 Å². The van der Waals surface area contributed by atoms with Crippen molar-refractivity contribution in [2.75, 3.05) is 0 Å². The van der Waals surface area contributed by atoms with E-state index in [1.807, 2.05) is 0 Å². The van der Waals surface area contributed by atoms with Crippen molar-refractivity contribution in [3.63, 3.8) is 0 Å². The van der Waals surface area contributed by atoms with Gasteiger partial charge in [-0.2, -0.15) is 0 Å². The fourth-order valence-corrected chi connectivity index (χ4v) is 2.41. The van der Waals surface area contributed by atoms with Crippen LogP contribution >= 0.6 is 0 Å². The molecule has 0 aliphatic heterocycles. The number of nitrogens with zero attached hydrogens (tertiary/aromatic N) is 2. The quantitative estimate of drug-likeness (QED) is 0.311. The zero-order chi connectivity index (χ0) is 23.0. The zero-order valence-corrected chi connectivity index (χ0v) is 15.9. The van der Waals surface area contributed by atoms with E-state index in [0.717, 1.165) is 36.4 Å². The maximum Gasteiger partial charge on any atom is 0.306 e. The summed E-state index contributed by atoms with van der Waals surface area (Å²) in [6.45, 7) is -1.02. The molecule has 0 saturated carbocycles. The Bertz CT molecular complexity index is 933. The first-order valence-electron chi connectivity index (χ1n) is 8.84. The number of rotatable bonds is 10. The van der Waals surface area contributed by atoms with Gasteiger partial charge in [-0.15, -0.1) is 0 Å². The number of hydrogen-bond acceptors (Lipinski definition) is 8. The van der Waals surface area contributed by atoms with Gasteiger partial charge < -0.3 is 9.47 Å². The first-order chi connectivity index (χ1) is 14.7. The van der Waals surface area contributed by atoms with E-state index in [-0.39, 0.29) is 41.8 Å². The number of nitro benzene ring substituents is 2. The van der Waals surface area contributed by atoms with Crippen LogP contribution in [0.25, 0.3) is 0 Å². The molecule has 0 fully saturated rings. The van der Waals surface area contributed by atoms with Crippen molar-refractivity contribution >= 4 is 23.3 Å². The van der Waals surface area contributed by atoms with Gasteiger partial charge in [0.2, 0.25) is 0 Å². The molecular formula is C19H16F2N2O8. The topological polar surface area (TPSA) is 139 Å². The Morgan fingerprint density at radius 3 is 1.52 bits per heavy atom. The molecule has 0 unspecified atom stereocenters. The summed E-state index contributed by atoms with van der Waals surface area (Å²) in [5, 5.41) is 21.4. The minimum absolute atomic E-state index is 0.0203. The molecule has 0 bridgehead atoms. The molecule has 0 aliphatic rings. The van der Waals surface area contributed by atoms with Crippen molar-refractivity contribution in [3.05, 3.63) is 79.4 Å². The van der Waals surface area contributed by atoms with E-state index in [9.17, 15) is 38.6 Å². The lowest BCUT2D eigenvalue weighted by molar-refractivity contribution is -0.385. The van der Waals surface area contributed by atoms with Gasteiger partial charge in [0.05, 0.1) is 9.85 Å². The molecule has 164 valence electrons. The molecule has 0 aliphatic carbocycles. The third kappa shape index (κ3) is 7.10. The molecule has 2 rings (SSSR count). The molecule has 2 aromatic carbocycles. The number of nitro groups is 2. The van der Waals surface area contributed by atoms with Gasteiger partial charge in [-0.05, 0) is 18.6 Å². The van der Waals surface area contributed by atoms with Crippen molar-refractivity contribution in [1.29, 1.82) is 0 Å². The Morgan fingerprint density at radius 1 is 0.774 bits per heavy atom. The SMILES string of the molecule is O=C(CCCC(=O)OCc1cc([N+](=O)[O-])ccc1F)OCc1cc([N+](=O)[O-])ccc1F. The van der Waals surface area contributed by atoms with Crippen LogP contribution in [-0.4, -0.2) is 21.8 Å². The predicted molar refractivity (Wildman–Crippen MR) is 99.6 cm³/mol. The van der Waals surface area contributed by atoms with E-state index in [4.69, 9.17) is 9.47 Å². The third-order valence-corrected chi connectivity index (χ3v) is 4.02. The van der Waals surface area contributed by atoms with Crippen LogP contribution in [0.4, 0.5) is 20.2 Å². The van der Waals surface area contributed by atoms with Gasteiger partial charge in [-0.3, -0.25) is 29.8 Å². The smallest absolute Gasteiger partial charge is 0.306 e. The van der Waals surface area contributed by atoms with Crippen LogP contribution < -0.4 is 0 Å². The predicted octanol–water partition coefficient (Wildman–Crippen LogP) is 3.74. The fraction of sp³-hybridized carbons (Fsp3) is 0.263. The number of esters is 2. The second-order valence-corrected chi connectivity index (χ2v) is 6.24. The lowest BCUT2D eigenvalue weighted by Crippen LogP contribution is -2.09. The van der Waals surface area contributed by atoms with Gasteiger partial charge >= 0.3 is 11.9 Å². The summed E-state index contributed by atoms with van der Waals surface area (Å²) in [5.74, 6) is -3.06. The maximum absolute atomic E-state index is 13.6. The molecule has 0 spiro atoms. The van der Waals surface area contributed by atoms with Gasteiger partial charge in [-0.1, -0.05) is 0 Å². The van der Waals surface area contributed by atoms with Crippen molar-refractivity contribution in [2.45, 2.75) is 32.5 Å². The fourth-order valence-electron chi connectivity index (χ4n) is 2.41. The van der Waals surface area contributed by atoms with E-state index in [1.165, 1.54) is 0 Å². The highest BCUT2D eigenvalue weighted by molar-refractivity contribution is 5.72. The Morgan fingerprint density at radius 2 is 1.16 bits per heavy atom. The summed E-state index contributed by atoms with van der Waals surface area (Å²) in [6.07, 6.45) is -0.403.